The molecular formula is C16H27N3O2. The maximum absolute atomic E-state index is 5.34. The van der Waals surface area contributed by atoms with Gasteiger partial charge in [-0.2, -0.15) is 0 Å². The smallest absolute Gasteiger partial charge is 0.191 e. The normalized spacial score (nSPS) is 11.3. The number of nitrogens with one attached hydrogen (secondary N) is 2. The molecule has 118 valence electrons. The Labute approximate surface area is 127 Å². The third-order valence-electron chi connectivity index (χ3n) is 2.98. The maximum Gasteiger partial charge on any atom is 0.191 e. The first-order chi connectivity index (χ1) is 10.2. The molecule has 0 aliphatic heterocycles. The van der Waals surface area contributed by atoms with E-state index in [-0.39, 0.29) is 0 Å². The van der Waals surface area contributed by atoms with Crippen LogP contribution in [0.2, 0.25) is 0 Å². The van der Waals surface area contributed by atoms with Crippen LogP contribution in [0.15, 0.2) is 23.2 Å². The van der Waals surface area contributed by atoms with E-state index in [1.807, 2.05) is 19.9 Å². The van der Waals surface area contributed by atoms with Crippen molar-refractivity contribution in [2.24, 2.45) is 4.99 Å². The fraction of sp³-hybridized carbons (Fsp3) is 0.562. The number of benzene rings is 1. The van der Waals surface area contributed by atoms with Crippen LogP contribution >= 0.6 is 0 Å². The molecular weight excluding hydrogens is 266 g/mol. The van der Waals surface area contributed by atoms with E-state index >= 15 is 0 Å². The molecule has 0 amide bonds. The number of methoxy groups -OCH3 is 1. The van der Waals surface area contributed by atoms with Crippen molar-refractivity contribution in [1.29, 1.82) is 0 Å². The van der Waals surface area contributed by atoms with Crippen LogP contribution in [-0.2, 0) is 11.3 Å². The molecule has 0 atom stereocenters. The lowest BCUT2D eigenvalue weighted by molar-refractivity contribution is 0.152. The Morgan fingerprint density at radius 2 is 2.05 bits per heavy atom. The highest BCUT2D eigenvalue weighted by Gasteiger charge is 2.01. The monoisotopic (exact) mass is 293 g/mol. The molecule has 0 spiro atoms. The summed E-state index contributed by atoms with van der Waals surface area (Å²) in [5.74, 6) is 1.70. The zero-order valence-corrected chi connectivity index (χ0v) is 13.5. The second kappa shape index (κ2) is 10.0. The van der Waals surface area contributed by atoms with E-state index in [1.165, 1.54) is 0 Å². The second-order valence-corrected chi connectivity index (χ2v) is 4.62. The number of guanidine groups is 1. The minimum atomic E-state index is 0.612. The first-order valence-corrected chi connectivity index (χ1v) is 7.44. The van der Waals surface area contributed by atoms with Crippen molar-refractivity contribution in [3.63, 3.8) is 0 Å². The van der Waals surface area contributed by atoms with Crippen LogP contribution in [0.25, 0.3) is 0 Å². The van der Waals surface area contributed by atoms with Gasteiger partial charge in [0.05, 0.1) is 20.3 Å². The van der Waals surface area contributed by atoms with E-state index in [9.17, 15) is 0 Å². The fourth-order valence-corrected chi connectivity index (χ4v) is 1.86. The summed E-state index contributed by atoms with van der Waals surface area (Å²) < 4.78 is 10.6. The van der Waals surface area contributed by atoms with Crippen LogP contribution in [0.5, 0.6) is 5.75 Å². The summed E-state index contributed by atoms with van der Waals surface area (Å²) >= 11 is 0. The molecule has 0 heterocycles. The third-order valence-corrected chi connectivity index (χ3v) is 2.98. The Morgan fingerprint density at radius 3 is 2.71 bits per heavy atom. The quantitative estimate of drug-likeness (QED) is 0.438. The molecule has 0 aromatic heterocycles. The highest BCUT2D eigenvalue weighted by Crippen LogP contribution is 2.19. The highest BCUT2D eigenvalue weighted by atomic mass is 16.5. The first kappa shape index (κ1) is 17.3. The number of hydrogen-bond acceptors (Lipinski definition) is 3. The van der Waals surface area contributed by atoms with Gasteiger partial charge in [-0.1, -0.05) is 12.1 Å². The minimum Gasteiger partial charge on any atom is -0.496 e. The summed E-state index contributed by atoms with van der Waals surface area (Å²) in [6.07, 6.45) is 0. The molecule has 0 unspecified atom stereocenters. The summed E-state index contributed by atoms with van der Waals surface area (Å²) in [6.45, 7) is 9.68. The van der Waals surface area contributed by atoms with Gasteiger partial charge in [-0.25, -0.2) is 4.99 Å². The van der Waals surface area contributed by atoms with E-state index in [2.05, 4.69) is 34.7 Å². The van der Waals surface area contributed by atoms with Gasteiger partial charge in [0.1, 0.15) is 5.75 Å². The van der Waals surface area contributed by atoms with Gasteiger partial charge >= 0.3 is 0 Å². The number of aryl methyl sites for hydroxylation is 1. The fourth-order valence-electron chi connectivity index (χ4n) is 1.86. The van der Waals surface area contributed by atoms with Gasteiger partial charge in [-0.15, -0.1) is 0 Å². The van der Waals surface area contributed by atoms with Crippen LogP contribution in [0.4, 0.5) is 0 Å². The van der Waals surface area contributed by atoms with Crippen LogP contribution in [0, 0.1) is 6.92 Å². The first-order valence-electron chi connectivity index (χ1n) is 7.44. The highest BCUT2D eigenvalue weighted by molar-refractivity contribution is 5.79. The number of rotatable bonds is 8. The number of hydrogen-bond donors (Lipinski definition) is 2. The Balaban J connectivity index is 2.60. The summed E-state index contributed by atoms with van der Waals surface area (Å²) in [5.41, 5.74) is 2.26. The molecule has 21 heavy (non-hydrogen) atoms. The van der Waals surface area contributed by atoms with Gasteiger partial charge in [0.15, 0.2) is 5.96 Å². The van der Waals surface area contributed by atoms with Crippen molar-refractivity contribution >= 4 is 5.96 Å². The van der Waals surface area contributed by atoms with Gasteiger partial charge in [-0.3, -0.25) is 0 Å². The Kier molecular flexibility index (Phi) is 8.28. The average molecular weight is 293 g/mol. The van der Waals surface area contributed by atoms with Gasteiger partial charge in [0, 0.05) is 19.7 Å². The van der Waals surface area contributed by atoms with Crippen molar-refractivity contribution in [1.82, 2.24) is 10.6 Å². The minimum absolute atomic E-state index is 0.612. The molecule has 1 aromatic rings. The van der Waals surface area contributed by atoms with Gasteiger partial charge in [-0.05, 0) is 38.0 Å². The molecule has 0 aliphatic carbocycles. The molecule has 1 rings (SSSR count). The van der Waals surface area contributed by atoms with Crippen LogP contribution in [-0.4, -0.2) is 39.4 Å². The van der Waals surface area contributed by atoms with E-state index < -0.39 is 0 Å². The van der Waals surface area contributed by atoms with Crippen LogP contribution in [0.1, 0.15) is 25.0 Å². The molecule has 2 N–H and O–H groups in total. The predicted octanol–water partition coefficient (Wildman–Crippen LogP) is 2.10. The molecule has 5 heteroatoms. The third kappa shape index (κ3) is 6.49. The average Bonchev–Trinajstić information content (AvgIpc) is 2.50. The van der Waals surface area contributed by atoms with Crippen LogP contribution < -0.4 is 15.4 Å². The molecule has 1 aromatic carbocycles. The zero-order chi connectivity index (χ0) is 15.5. The van der Waals surface area contributed by atoms with Crippen molar-refractivity contribution < 1.29 is 9.47 Å². The second-order valence-electron chi connectivity index (χ2n) is 4.62. The van der Waals surface area contributed by atoms with E-state index in [0.717, 1.165) is 42.5 Å². The molecule has 0 radical (unpaired) electrons. The van der Waals surface area contributed by atoms with Gasteiger partial charge in [0.25, 0.3) is 0 Å². The predicted molar refractivity (Wildman–Crippen MR) is 87.0 cm³/mol. The zero-order valence-electron chi connectivity index (χ0n) is 13.5. The lowest BCUT2D eigenvalue weighted by Gasteiger charge is -2.11. The molecule has 0 fully saturated rings. The Bertz CT molecular complexity index is 447. The van der Waals surface area contributed by atoms with Crippen molar-refractivity contribution in [2.75, 3.05) is 33.4 Å². The Morgan fingerprint density at radius 1 is 1.24 bits per heavy atom. The lowest BCUT2D eigenvalue weighted by Crippen LogP contribution is -2.39. The van der Waals surface area contributed by atoms with Gasteiger partial charge < -0.3 is 20.1 Å². The Hall–Kier alpha value is -1.75. The van der Waals surface area contributed by atoms with E-state index in [4.69, 9.17) is 9.47 Å². The molecule has 0 bridgehead atoms. The largest absolute Gasteiger partial charge is 0.496 e. The number of aliphatic imine (C=N–C) groups is 1. The van der Waals surface area contributed by atoms with Gasteiger partial charge in [0.2, 0.25) is 0 Å². The lowest BCUT2D eigenvalue weighted by atomic mass is 10.1. The summed E-state index contributed by atoms with van der Waals surface area (Å²) in [6, 6.07) is 6.16. The number of nitrogens with zero attached hydrogens (tertiary/aromatic N) is 1. The number of ether oxygens (including phenoxy) is 2. The van der Waals surface area contributed by atoms with Crippen molar-refractivity contribution in [2.45, 2.75) is 27.3 Å². The topological polar surface area (TPSA) is 54.9 Å². The SMILES string of the molecule is CCNC(=NCc1ccc(C)c(OC)c1)NCCOCC. The van der Waals surface area contributed by atoms with E-state index in [0.29, 0.717) is 13.2 Å². The van der Waals surface area contributed by atoms with E-state index in [1.54, 1.807) is 7.11 Å². The van der Waals surface area contributed by atoms with Crippen LogP contribution in [0.3, 0.4) is 0 Å². The standard InChI is InChI=1S/C16H27N3O2/c1-5-17-16(18-9-10-21-6-2)19-12-14-8-7-13(3)15(11-14)20-4/h7-8,11H,5-6,9-10,12H2,1-4H3,(H2,17,18,19). The molecule has 5 nitrogen and oxygen atoms in total. The summed E-state index contributed by atoms with van der Waals surface area (Å²) in [7, 11) is 1.69. The van der Waals surface area contributed by atoms with Crippen molar-refractivity contribution in [3.05, 3.63) is 29.3 Å². The molecule has 0 saturated heterocycles. The summed E-state index contributed by atoms with van der Waals surface area (Å²) in [4.78, 5) is 4.57. The molecule has 0 aliphatic rings. The summed E-state index contributed by atoms with van der Waals surface area (Å²) in [5, 5.41) is 6.47. The van der Waals surface area contributed by atoms with Crippen molar-refractivity contribution in [3.8, 4) is 5.75 Å². The maximum atomic E-state index is 5.34. The molecule has 0 saturated carbocycles.